The molecule has 0 bridgehead atoms. The van der Waals surface area contributed by atoms with E-state index in [2.05, 4.69) is 34.9 Å². The van der Waals surface area contributed by atoms with Crippen LogP contribution in [0, 0.1) is 0 Å². The molecular weight excluding hydrogens is 232 g/mol. The second-order valence-electron chi connectivity index (χ2n) is 3.92. The average molecular weight is 245 g/mol. The van der Waals surface area contributed by atoms with E-state index in [1.165, 1.54) is 0 Å². The highest BCUT2D eigenvalue weighted by atomic mass is 79.9. The van der Waals surface area contributed by atoms with Gasteiger partial charge in [0.05, 0.1) is 11.8 Å². The third-order valence-electron chi connectivity index (χ3n) is 2.45. The summed E-state index contributed by atoms with van der Waals surface area (Å²) in [6.45, 7) is 4.14. The van der Waals surface area contributed by atoms with Gasteiger partial charge in [-0.25, -0.2) is 0 Å². The molecule has 72 valence electrons. The first-order valence-electron chi connectivity index (χ1n) is 4.50. The molecule has 13 heavy (non-hydrogen) atoms. The summed E-state index contributed by atoms with van der Waals surface area (Å²) in [5, 5.41) is 14.1. The van der Waals surface area contributed by atoms with Gasteiger partial charge in [-0.15, -0.1) is 0 Å². The molecule has 1 aromatic rings. The van der Waals surface area contributed by atoms with Crippen LogP contribution in [0.3, 0.4) is 0 Å². The van der Waals surface area contributed by atoms with E-state index < -0.39 is 5.60 Å². The molecule has 3 nitrogen and oxygen atoms in total. The first-order chi connectivity index (χ1) is 6.04. The monoisotopic (exact) mass is 244 g/mol. The average Bonchev–Trinajstić information content (AvgIpc) is 2.63. The molecule has 1 saturated carbocycles. The maximum Gasteiger partial charge on any atom is 0.110 e. The van der Waals surface area contributed by atoms with Gasteiger partial charge < -0.3 is 5.11 Å². The first-order valence-corrected chi connectivity index (χ1v) is 5.30. The van der Waals surface area contributed by atoms with E-state index in [0.717, 1.165) is 23.0 Å². The van der Waals surface area contributed by atoms with E-state index in [0.29, 0.717) is 6.04 Å². The Labute approximate surface area is 85.9 Å². The van der Waals surface area contributed by atoms with Crippen LogP contribution in [0.25, 0.3) is 0 Å². The van der Waals surface area contributed by atoms with Gasteiger partial charge in [0.1, 0.15) is 4.60 Å². The Morgan fingerprint density at radius 1 is 1.62 bits per heavy atom. The lowest BCUT2D eigenvalue weighted by Gasteiger charge is -2.09. The first kappa shape index (κ1) is 9.21. The molecule has 0 amide bonds. The van der Waals surface area contributed by atoms with Gasteiger partial charge in [-0.2, -0.15) is 5.10 Å². The summed E-state index contributed by atoms with van der Waals surface area (Å²) in [4.78, 5) is 0. The Morgan fingerprint density at radius 2 is 2.23 bits per heavy atom. The van der Waals surface area contributed by atoms with Gasteiger partial charge in [-0.1, -0.05) is 0 Å². The van der Waals surface area contributed by atoms with Crippen LogP contribution in [-0.2, 0) is 5.60 Å². The fraction of sp³-hybridized carbons (Fsp3) is 0.667. The molecule has 0 spiro atoms. The van der Waals surface area contributed by atoms with E-state index in [-0.39, 0.29) is 0 Å². The molecule has 1 aliphatic carbocycles. The van der Waals surface area contributed by atoms with Gasteiger partial charge in [-0.05, 0) is 42.6 Å². The third-order valence-corrected chi connectivity index (χ3v) is 3.24. The molecule has 0 atom stereocenters. The zero-order valence-corrected chi connectivity index (χ0v) is 9.37. The highest BCUT2D eigenvalue weighted by Crippen LogP contribution is 2.47. The summed E-state index contributed by atoms with van der Waals surface area (Å²) in [5.74, 6) is 0. The minimum Gasteiger partial charge on any atom is -0.385 e. The van der Waals surface area contributed by atoms with Crippen molar-refractivity contribution in [2.45, 2.75) is 38.3 Å². The largest absolute Gasteiger partial charge is 0.385 e. The van der Waals surface area contributed by atoms with Crippen LogP contribution in [-0.4, -0.2) is 14.9 Å². The lowest BCUT2D eigenvalue weighted by Crippen LogP contribution is -2.06. The van der Waals surface area contributed by atoms with Crippen LogP contribution in [0.15, 0.2) is 10.8 Å². The number of halogens is 1. The number of nitrogens with zero attached hydrogens (tertiary/aromatic N) is 2. The van der Waals surface area contributed by atoms with Gasteiger partial charge in [-0.3, -0.25) is 4.68 Å². The second kappa shape index (κ2) is 2.82. The fourth-order valence-corrected chi connectivity index (χ4v) is 2.38. The zero-order valence-electron chi connectivity index (χ0n) is 7.79. The number of aromatic nitrogens is 2. The predicted molar refractivity (Wildman–Crippen MR) is 53.4 cm³/mol. The van der Waals surface area contributed by atoms with E-state index in [1.54, 1.807) is 6.20 Å². The van der Waals surface area contributed by atoms with Crippen molar-refractivity contribution in [3.63, 3.8) is 0 Å². The number of aliphatic hydroxyl groups is 1. The minimum absolute atomic E-state index is 0.325. The van der Waals surface area contributed by atoms with Crippen LogP contribution < -0.4 is 0 Å². The van der Waals surface area contributed by atoms with Crippen LogP contribution >= 0.6 is 15.9 Å². The van der Waals surface area contributed by atoms with Crippen molar-refractivity contribution < 1.29 is 5.11 Å². The smallest absolute Gasteiger partial charge is 0.110 e. The Bertz CT molecular complexity index is 328. The van der Waals surface area contributed by atoms with E-state index >= 15 is 0 Å². The summed E-state index contributed by atoms with van der Waals surface area (Å²) in [6, 6.07) is 0.325. The van der Waals surface area contributed by atoms with Crippen LogP contribution in [0.2, 0.25) is 0 Å². The normalized spacial score (nSPS) is 19.5. The molecule has 0 aromatic carbocycles. The molecular formula is C9H13BrN2O. The van der Waals surface area contributed by atoms with E-state index in [9.17, 15) is 5.11 Å². The molecule has 1 aromatic heterocycles. The standard InChI is InChI=1S/C9H13BrN2O/c1-6(2)12-8(10)7(5-11-12)9(13)3-4-9/h5-6,13H,3-4H2,1-2H3. The van der Waals surface area contributed by atoms with Gasteiger partial charge in [0.25, 0.3) is 0 Å². The Kier molecular flexibility index (Phi) is 2.00. The van der Waals surface area contributed by atoms with Crippen molar-refractivity contribution in [3.8, 4) is 0 Å². The van der Waals surface area contributed by atoms with Crippen LogP contribution in [0.1, 0.15) is 38.3 Å². The summed E-state index contributed by atoms with van der Waals surface area (Å²) < 4.78 is 2.80. The van der Waals surface area contributed by atoms with Crippen molar-refractivity contribution in [3.05, 3.63) is 16.4 Å². The highest BCUT2D eigenvalue weighted by molar-refractivity contribution is 9.10. The Hall–Kier alpha value is -0.350. The maximum absolute atomic E-state index is 9.89. The lowest BCUT2D eigenvalue weighted by atomic mass is 10.2. The summed E-state index contributed by atoms with van der Waals surface area (Å²) >= 11 is 3.47. The molecule has 0 radical (unpaired) electrons. The van der Waals surface area contributed by atoms with Gasteiger partial charge in [0.15, 0.2) is 0 Å². The molecule has 0 aliphatic heterocycles. The fourth-order valence-electron chi connectivity index (χ4n) is 1.41. The summed E-state index contributed by atoms with van der Waals surface area (Å²) in [6.07, 6.45) is 3.47. The topological polar surface area (TPSA) is 38.0 Å². The number of rotatable bonds is 2. The van der Waals surface area contributed by atoms with E-state index in [4.69, 9.17) is 0 Å². The van der Waals surface area contributed by atoms with Gasteiger partial charge in [0.2, 0.25) is 0 Å². The molecule has 1 heterocycles. The third kappa shape index (κ3) is 1.42. The zero-order chi connectivity index (χ0) is 9.64. The molecule has 1 fully saturated rings. The SMILES string of the molecule is CC(C)n1ncc(C2(O)CC2)c1Br. The molecule has 2 rings (SSSR count). The Morgan fingerprint density at radius 3 is 2.62 bits per heavy atom. The minimum atomic E-state index is -0.591. The number of hydrogen-bond donors (Lipinski definition) is 1. The van der Waals surface area contributed by atoms with Crippen molar-refractivity contribution in [1.82, 2.24) is 9.78 Å². The Balaban J connectivity index is 2.39. The van der Waals surface area contributed by atoms with Gasteiger partial charge >= 0.3 is 0 Å². The molecule has 0 unspecified atom stereocenters. The van der Waals surface area contributed by atoms with Gasteiger partial charge in [0, 0.05) is 11.6 Å². The molecule has 1 N–H and O–H groups in total. The number of hydrogen-bond acceptors (Lipinski definition) is 2. The van der Waals surface area contributed by atoms with Crippen molar-refractivity contribution in [2.24, 2.45) is 0 Å². The lowest BCUT2D eigenvalue weighted by molar-refractivity contribution is 0.150. The van der Waals surface area contributed by atoms with Crippen molar-refractivity contribution in [1.29, 1.82) is 0 Å². The second-order valence-corrected chi connectivity index (χ2v) is 4.67. The predicted octanol–water partition coefficient (Wildman–Crippen LogP) is 2.21. The molecule has 0 saturated heterocycles. The molecule has 1 aliphatic rings. The summed E-state index contributed by atoms with van der Waals surface area (Å²) in [7, 11) is 0. The van der Waals surface area contributed by atoms with Crippen LogP contribution in [0.4, 0.5) is 0 Å². The van der Waals surface area contributed by atoms with Crippen molar-refractivity contribution in [2.75, 3.05) is 0 Å². The summed E-state index contributed by atoms with van der Waals surface area (Å²) in [5.41, 5.74) is 0.340. The maximum atomic E-state index is 9.89. The highest BCUT2D eigenvalue weighted by Gasteiger charge is 2.45. The molecule has 4 heteroatoms. The quantitative estimate of drug-likeness (QED) is 0.867. The van der Waals surface area contributed by atoms with E-state index in [1.807, 2.05) is 4.68 Å². The van der Waals surface area contributed by atoms with Crippen molar-refractivity contribution >= 4 is 15.9 Å². The van der Waals surface area contributed by atoms with Crippen LogP contribution in [0.5, 0.6) is 0 Å².